The Labute approximate surface area is 102 Å². The van der Waals surface area contributed by atoms with Crippen molar-refractivity contribution in [2.75, 3.05) is 0 Å². The molecule has 1 aromatic carbocycles. The molecule has 3 rings (SSSR count). The van der Waals surface area contributed by atoms with Crippen LogP contribution in [-0.4, -0.2) is 26.1 Å². The van der Waals surface area contributed by atoms with Gasteiger partial charge in [-0.1, -0.05) is 11.6 Å². The van der Waals surface area contributed by atoms with Crippen molar-refractivity contribution in [1.29, 1.82) is 0 Å². The zero-order valence-electron chi connectivity index (χ0n) is 9.64. The Morgan fingerprint density at radius 3 is 2.89 bits per heavy atom. The van der Waals surface area contributed by atoms with Crippen LogP contribution in [0.4, 0.5) is 4.39 Å². The summed E-state index contributed by atoms with van der Waals surface area (Å²) in [5.41, 5.74) is 0.621. The average molecular weight is 249 g/mol. The number of halogens is 1. The summed E-state index contributed by atoms with van der Waals surface area (Å²) in [5, 5.41) is 16.7. The van der Waals surface area contributed by atoms with Gasteiger partial charge in [0, 0.05) is 12.6 Å². The van der Waals surface area contributed by atoms with E-state index in [0.717, 1.165) is 19.4 Å². The van der Waals surface area contributed by atoms with Crippen LogP contribution in [0.15, 0.2) is 12.1 Å². The van der Waals surface area contributed by atoms with E-state index < -0.39 is 11.8 Å². The molecule has 1 aromatic heterocycles. The predicted molar refractivity (Wildman–Crippen MR) is 61.8 cm³/mol. The number of hydrogen-bond acceptors (Lipinski definition) is 3. The second-order valence-corrected chi connectivity index (χ2v) is 4.69. The summed E-state index contributed by atoms with van der Waals surface area (Å²) in [7, 11) is 0. The predicted octanol–water partition coefficient (Wildman–Crippen LogP) is 2.07. The summed E-state index contributed by atoms with van der Waals surface area (Å²) in [6.45, 7) is 0.725. The molecular formula is C12H12FN3O2. The van der Waals surface area contributed by atoms with Crippen molar-refractivity contribution in [3.05, 3.63) is 23.5 Å². The maximum atomic E-state index is 13.6. The van der Waals surface area contributed by atoms with E-state index >= 15 is 0 Å². The van der Waals surface area contributed by atoms with Gasteiger partial charge in [-0.3, -0.25) is 0 Å². The number of carbonyl (C=O) groups is 1. The molecule has 94 valence electrons. The van der Waals surface area contributed by atoms with E-state index in [1.54, 1.807) is 4.68 Å². The highest BCUT2D eigenvalue weighted by Crippen LogP contribution is 2.28. The van der Waals surface area contributed by atoms with Crippen molar-refractivity contribution in [1.82, 2.24) is 15.0 Å². The Morgan fingerprint density at radius 2 is 2.28 bits per heavy atom. The van der Waals surface area contributed by atoms with Gasteiger partial charge in [0.25, 0.3) is 0 Å². The van der Waals surface area contributed by atoms with E-state index in [1.165, 1.54) is 18.6 Å². The molecule has 0 saturated heterocycles. The lowest BCUT2D eigenvalue weighted by atomic mass is 9.85. The lowest BCUT2D eigenvalue weighted by molar-refractivity contribution is 0.0692. The number of benzene rings is 1. The second-order valence-electron chi connectivity index (χ2n) is 4.69. The molecule has 1 fully saturated rings. The number of rotatable bonds is 3. The summed E-state index contributed by atoms with van der Waals surface area (Å²) in [6.07, 6.45) is 3.56. The third-order valence-electron chi connectivity index (χ3n) is 3.49. The Hall–Kier alpha value is -1.98. The summed E-state index contributed by atoms with van der Waals surface area (Å²) >= 11 is 0. The third kappa shape index (κ3) is 1.73. The van der Waals surface area contributed by atoms with Gasteiger partial charge in [0.05, 0.1) is 11.1 Å². The summed E-state index contributed by atoms with van der Waals surface area (Å²) in [5.74, 6) is -1.45. The minimum Gasteiger partial charge on any atom is -0.478 e. The second kappa shape index (κ2) is 4.04. The summed E-state index contributed by atoms with van der Waals surface area (Å²) in [4.78, 5) is 10.8. The van der Waals surface area contributed by atoms with Crippen LogP contribution in [0.3, 0.4) is 0 Å². The van der Waals surface area contributed by atoms with Crippen molar-refractivity contribution in [3.8, 4) is 0 Å². The molecule has 2 aromatic rings. The van der Waals surface area contributed by atoms with Crippen molar-refractivity contribution in [2.45, 2.75) is 25.8 Å². The minimum atomic E-state index is -1.29. The van der Waals surface area contributed by atoms with Crippen molar-refractivity contribution in [3.63, 3.8) is 0 Å². The van der Waals surface area contributed by atoms with Crippen LogP contribution >= 0.6 is 0 Å². The number of carboxylic acid groups (broad SMARTS) is 1. The van der Waals surface area contributed by atoms with Gasteiger partial charge < -0.3 is 5.11 Å². The number of carboxylic acids is 1. The molecule has 0 amide bonds. The number of fused-ring (bicyclic) bond motifs is 1. The Bertz CT molecular complexity index is 619. The normalized spacial score (nSPS) is 15.8. The van der Waals surface area contributed by atoms with E-state index in [9.17, 15) is 9.18 Å². The molecule has 0 atom stereocenters. The van der Waals surface area contributed by atoms with Crippen molar-refractivity contribution < 1.29 is 14.3 Å². The highest BCUT2D eigenvalue weighted by molar-refractivity contribution is 5.92. The maximum absolute atomic E-state index is 13.6. The van der Waals surface area contributed by atoms with Gasteiger partial charge >= 0.3 is 5.97 Å². The van der Waals surface area contributed by atoms with Crippen LogP contribution in [0.1, 0.15) is 29.6 Å². The summed E-state index contributed by atoms with van der Waals surface area (Å²) in [6, 6.07) is 2.44. The van der Waals surface area contributed by atoms with Gasteiger partial charge in [0.1, 0.15) is 11.3 Å². The zero-order chi connectivity index (χ0) is 12.7. The van der Waals surface area contributed by atoms with E-state index in [1.807, 2.05) is 0 Å². The molecule has 1 aliphatic rings. The molecule has 1 aliphatic carbocycles. The van der Waals surface area contributed by atoms with Gasteiger partial charge in [-0.15, -0.1) is 5.10 Å². The molecule has 1 saturated carbocycles. The maximum Gasteiger partial charge on any atom is 0.338 e. The lowest BCUT2D eigenvalue weighted by Gasteiger charge is -2.24. The molecule has 5 nitrogen and oxygen atoms in total. The first-order valence-electron chi connectivity index (χ1n) is 5.91. The van der Waals surface area contributed by atoms with Gasteiger partial charge in [-0.05, 0) is 24.8 Å². The molecule has 0 bridgehead atoms. The van der Waals surface area contributed by atoms with Crippen LogP contribution in [0.25, 0.3) is 11.0 Å². The van der Waals surface area contributed by atoms with Crippen molar-refractivity contribution in [2.24, 2.45) is 5.92 Å². The number of hydrogen-bond donors (Lipinski definition) is 1. The molecule has 0 spiro atoms. The van der Waals surface area contributed by atoms with Crippen LogP contribution in [-0.2, 0) is 6.54 Å². The first-order chi connectivity index (χ1) is 8.65. The van der Waals surface area contributed by atoms with Crippen LogP contribution < -0.4 is 0 Å². The number of aromatic carboxylic acids is 1. The smallest absolute Gasteiger partial charge is 0.338 e. The van der Waals surface area contributed by atoms with E-state index in [2.05, 4.69) is 10.3 Å². The lowest BCUT2D eigenvalue weighted by Crippen LogP contribution is -2.18. The molecule has 0 radical (unpaired) electrons. The molecule has 1 heterocycles. The highest BCUT2D eigenvalue weighted by atomic mass is 19.1. The third-order valence-corrected chi connectivity index (χ3v) is 3.49. The molecule has 6 heteroatoms. The monoisotopic (exact) mass is 249 g/mol. The van der Waals surface area contributed by atoms with Gasteiger partial charge in [-0.2, -0.15) is 0 Å². The van der Waals surface area contributed by atoms with Crippen LogP contribution in [0.5, 0.6) is 0 Å². The standard InChI is InChI=1S/C12H12FN3O2/c13-9-5-11-10(4-8(9)12(17)18)14-15-16(11)6-7-2-1-3-7/h4-5,7H,1-3,6H2,(H,17,18). The molecule has 18 heavy (non-hydrogen) atoms. The molecule has 1 N–H and O–H groups in total. The largest absolute Gasteiger partial charge is 0.478 e. The first-order valence-corrected chi connectivity index (χ1v) is 5.91. The van der Waals surface area contributed by atoms with E-state index in [-0.39, 0.29) is 5.56 Å². The van der Waals surface area contributed by atoms with Gasteiger partial charge in [0.15, 0.2) is 0 Å². The topological polar surface area (TPSA) is 68.0 Å². The fourth-order valence-corrected chi connectivity index (χ4v) is 2.21. The van der Waals surface area contributed by atoms with Crippen LogP contribution in [0.2, 0.25) is 0 Å². The SMILES string of the molecule is O=C(O)c1cc2nnn(CC3CCC3)c2cc1F. The number of nitrogens with zero attached hydrogens (tertiary/aromatic N) is 3. The Balaban J connectivity index is 2.02. The first kappa shape index (κ1) is 11.1. The quantitative estimate of drug-likeness (QED) is 0.904. The Kier molecular flexibility index (Phi) is 2.50. The summed E-state index contributed by atoms with van der Waals surface area (Å²) < 4.78 is 15.3. The molecule has 0 aliphatic heterocycles. The van der Waals surface area contributed by atoms with Gasteiger partial charge in [-0.25, -0.2) is 13.9 Å². The van der Waals surface area contributed by atoms with E-state index in [4.69, 9.17) is 5.11 Å². The number of aromatic nitrogens is 3. The van der Waals surface area contributed by atoms with Crippen LogP contribution in [0, 0.1) is 11.7 Å². The Morgan fingerprint density at radius 1 is 1.50 bits per heavy atom. The zero-order valence-corrected chi connectivity index (χ0v) is 9.64. The molecular weight excluding hydrogens is 237 g/mol. The highest BCUT2D eigenvalue weighted by Gasteiger charge is 2.21. The average Bonchev–Trinajstić information content (AvgIpc) is 2.64. The minimum absolute atomic E-state index is 0.363. The molecule has 0 unspecified atom stereocenters. The van der Waals surface area contributed by atoms with E-state index in [0.29, 0.717) is 17.0 Å². The van der Waals surface area contributed by atoms with Gasteiger partial charge in [0.2, 0.25) is 0 Å². The fourth-order valence-electron chi connectivity index (χ4n) is 2.21. The van der Waals surface area contributed by atoms with Crippen molar-refractivity contribution >= 4 is 17.0 Å². The fraction of sp³-hybridized carbons (Fsp3) is 0.417.